The van der Waals surface area contributed by atoms with E-state index in [1.165, 1.54) is 0 Å². The Morgan fingerprint density at radius 3 is 2.59 bits per heavy atom. The van der Waals surface area contributed by atoms with Crippen molar-refractivity contribution in [3.05, 3.63) is 40.9 Å². The summed E-state index contributed by atoms with van der Waals surface area (Å²) in [6.07, 6.45) is 3.28. The molecule has 2 atom stereocenters. The summed E-state index contributed by atoms with van der Waals surface area (Å²) in [6, 6.07) is 4.03. The Balaban J connectivity index is 1.47. The second kappa shape index (κ2) is 8.52. The summed E-state index contributed by atoms with van der Waals surface area (Å²) in [4.78, 5) is 18.9. The number of hydrogen-bond donors (Lipinski definition) is 1. The average molecular weight is 372 g/mol. The van der Waals surface area contributed by atoms with E-state index in [-0.39, 0.29) is 18.1 Å². The number of carbonyl (C=O) groups is 1. The standard InChI is InChI=1S/C20H28N4O3/c1-13-11-24(12-14(2)26-13)19-7-5-17(9-21-19)10-22-20(25)8-6-18-15(3)23-27-16(18)4/h5,7,9,13-14H,6,8,10-12H2,1-4H3,(H,22,25)/t13-,14+. The van der Waals surface area contributed by atoms with E-state index in [1.54, 1.807) is 0 Å². The molecule has 1 amide bonds. The minimum atomic E-state index is 0.00917. The number of anilines is 1. The Morgan fingerprint density at radius 1 is 1.26 bits per heavy atom. The summed E-state index contributed by atoms with van der Waals surface area (Å²) >= 11 is 0. The average Bonchev–Trinajstić information content (AvgIpc) is 2.96. The molecule has 1 N–H and O–H groups in total. The number of rotatable bonds is 6. The number of carbonyl (C=O) groups excluding carboxylic acids is 1. The Labute approximate surface area is 160 Å². The van der Waals surface area contributed by atoms with Crippen LogP contribution in [0.1, 0.15) is 42.8 Å². The molecule has 1 saturated heterocycles. The number of hydrogen-bond acceptors (Lipinski definition) is 6. The summed E-state index contributed by atoms with van der Waals surface area (Å²) in [7, 11) is 0. The second-order valence-corrected chi connectivity index (χ2v) is 7.27. The molecule has 1 aliphatic rings. The van der Waals surface area contributed by atoms with Crippen LogP contribution in [0.2, 0.25) is 0 Å². The van der Waals surface area contributed by atoms with Crippen LogP contribution >= 0.6 is 0 Å². The fourth-order valence-corrected chi connectivity index (χ4v) is 3.46. The zero-order valence-electron chi connectivity index (χ0n) is 16.5. The molecule has 27 heavy (non-hydrogen) atoms. The van der Waals surface area contributed by atoms with E-state index in [4.69, 9.17) is 9.26 Å². The molecule has 0 aliphatic carbocycles. The van der Waals surface area contributed by atoms with Gasteiger partial charge in [0.15, 0.2) is 0 Å². The van der Waals surface area contributed by atoms with E-state index in [0.717, 1.165) is 41.5 Å². The van der Waals surface area contributed by atoms with Crippen LogP contribution in [0.3, 0.4) is 0 Å². The smallest absolute Gasteiger partial charge is 0.220 e. The van der Waals surface area contributed by atoms with E-state index < -0.39 is 0 Å². The number of nitrogens with one attached hydrogen (secondary N) is 1. The lowest BCUT2D eigenvalue weighted by molar-refractivity contribution is -0.121. The first kappa shape index (κ1) is 19.4. The number of aryl methyl sites for hydroxylation is 2. The summed E-state index contributed by atoms with van der Waals surface area (Å²) in [5.74, 6) is 1.74. The number of aromatic nitrogens is 2. The molecular formula is C20H28N4O3. The summed E-state index contributed by atoms with van der Waals surface area (Å²) < 4.78 is 10.9. The van der Waals surface area contributed by atoms with E-state index in [9.17, 15) is 4.79 Å². The van der Waals surface area contributed by atoms with Gasteiger partial charge in [0.25, 0.3) is 0 Å². The summed E-state index contributed by atoms with van der Waals surface area (Å²) in [5.41, 5.74) is 2.86. The minimum Gasteiger partial charge on any atom is -0.372 e. The van der Waals surface area contributed by atoms with Crippen LogP contribution in [-0.4, -0.2) is 41.3 Å². The highest BCUT2D eigenvalue weighted by atomic mass is 16.5. The van der Waals surface area contributed by atoms with Gasteiger partial charge in [-0.15, -0.1) is 0 Å². The van der Waals surface area contributed by atoms with Crippen LogP contribution in [0.5, 0.6) is 0 Å². The quantitative estimate of drug-likeness (QED) is 0.839. The van der Waals surface area contributed by atoms with Gasteiger partial charge in [-0.05, 0) is 45.7 Å². The molecule has 0 spiro atoms. The Morgan fingerprint density at radius 2 is 2.00 bits per heavy atom. The molecule has 1 aliphatic heterocycles. The Kier molecular flexibility index (Phi) is 6.11. The van der Waals surface area contributed by atoms with Crippen LogP contribution in [0, 0.1) is 13.8 Å². The highest BCUT2D eigenvalue weighted by Crippen LogP contribution is 2.18. The van der Waals surface area contributed by atoms with Gasteiger partial charge >= 0.3 is 0 Å². The molecule has 3 heterocycles. The van der Waals surface area contributed by atoms with Crippen LogP contribution in [0.25, 0.3) is 0 Å². The molecule has 2 aromatic rings. The third-order valence-corrected chi connectivity index (χ3v) is 4.83. The summed E-state index contributed by atoms with van der Waals surface area (Å²) in [6.45, 7) is 10.1. The normalized spacial score (nSPS) is 19.9. The first-order chi connectivity index (χ1) is 12.9. The lowest BCUT2D eigenvalue weighted by atomic mass is 10.1. The van der Waals surface area contributed by atoms with Crippen LogP contribution < -0.4 is 10.2 Å². The molecule has 7 nitrogen and oxygen atoms in total. The largest absolute Gasteiger partial charge is 0.372 e. The van der Waals surface area contributed by atoms with E-state index in [1.807, 2.05) is 32.2 Å². The maximum atomic E-state index is 12.1. The van der Waals surface area contributed by atoms with E-state index in [0.29, 0.717) is 19.4 Å². The lowest BCUT2D eigenvalue weighted by Gasteiger charge is -2.36. The molecule has 3 rings (SSSR count). The van der Waals surface area contributed by atoms with Crippen molar-refractivity contribution in [2.24, 2.45) is 0 Å². The van der Waals surface area contributed by atoms with Crippen molar-refractivity contribution in [2.45, 2.75) is 59.3 Å². The highest BCUT2D eigenvalue weighted by Gasteiger charge is 2.23. The van der Waals surface area contributed by atoms with Crippen LogP contribution in [-0.2, 0) is 22.5 Å². The van der Waals surface area contributed by atoms with Gasteiger partial charge in [-0.3, -0.25) is 4.79 Å². The third kappa shape index (κ3) is 5.07. The maximum absolute atomic E-state index is 12.1. The predicted octanol–water partition coefficient (Wildman–Crippen LogP) is 2.55. The Bertz CT molecular complexity index is 743. The van der Waals surface area contributed by atoms with Gasteiger partial charge in [-0.1, -0.05) is 11.2 Å². The third-order valence-electron chi connectivity index (χ3n) is 4.83. The number of ether oxygens (including phenoxy) is 1. The summed E-state index contributed by atoms with van der Waals surface area (Å²) in [5, 5.41) is 6.87. The lowest BCUT2D eigenvalue weighted by Crippen LogP contribution is -2.45. The molecule has 0 unspecified atom stereocenters. The highest BCUT2D eigenvalue weighted by molar-refractivity contribution is 5.76. The van der Waals surface area contributed by atoms with Crippen molar-refractivity contribution < 1.29 is 14.1 Å². The van der Waals surface area contributed by atoms with E-state index in [2.05, 4.69) is 34.2 Å². The zero-order valence-corrected chi connectivity index (χ0v) is 16.5. The second-order valence-electron chi connectivity index (χ2n) is 7.27. The van der Waals surface area contributed by atoms with Gasteiger partial charge in [0.1, 0.15) is 11.6 Å². The first-order valence-corrected chi connectivity index (χ1v) is 9.46. The van der Waals surface area contributed by atoms with Gasteiger partial charge in [0.2, 0.25) is 5.91 Å². The molecule has 0 radical (unpaired) electrons. The maximum Gasteiger partial charge on any atom is 0.220 e. The Hall–Kier alpha value is -2.41. The monoisotopic (exact) mass is 372 g/mol. The molecule has 0 aromatic carbocycles. The van der Waals surface area contributed by atoms with Gasteiger partial charge < -0.3 is 19.5 Å². The SMILES string of the molecule is Cc1noc(C)c1CCC(=O)NCc1ccc(N2C[C@@H](C)O[C@@H](C)C2)nc1. The first-order valence-electron chi connectivity index (χ1n) is 9.46. The van der Waals surface area contributed by atoms with Crippen molar-refractivity contribution in [2.75, 3.05) is 18.0 Å². The number of amides is 1. The molecule has 2 aromatic heterocycles. The topological polar surface area (TPSA) is 80.5 Å². The van der Waals surface area contributed by atoms with Crippen LogP contribution in [0.15, 0.2) is 22.9 Å². The number of morpholine rings is 1. The molecule has 7 heteroatoms. The van der Waals surface area contributed by atoms with Crippen molar-refractivity contribution in [3.8, 4) is 0 Å². The van der Waals surface area contributed by atoms with Gasteiger partial charge in [0.05, 0.1) is 17.9 Å². The predicted molar refractivity (Wildman–Crippen MR) is 103 cm³/mol. The van der Waals surface area contributed by atoms with E-state index >= 15 is 0 Å². The van der Waals surface area contributed by atoms with Crippen molar-refractivity contribution in [1.29, 1.82) is 0 Å². The molecule has 0 saturated carbocycles. The molecule has 146 valence electrons. The fraction of sp³-hybridized carbons (Fsp3) is 0.550. The van der Waals surface area contributed by atoms with Crippen molar-refractivity contribution in [3.63, 3.8) is 0 Å². The number of pyridine rings is 1. The number of nitrogens with zero attached hydrogens (tertiary/aromatic N) is 3. The molecule has 0 bridgehead atoms. The fourth-order valence-electron chi connectivity index (χ4n) is 3.46. The van der Waals surface area contributed by atoms with Gasteiger partial charge in [-0.25, -0.2) is 4.98 Å². The molecule has 1 fully saturated rings. The van der Waals surface area contributed by atoms with Crippen molar-refractivity contribution >= 4 is 11.7 Å². The van der Waals surface area contributed by atoms with Gasteiger partial charge in [-0.2, -0.15) is 0 Å². The molecular weight excluding hydrogens is 344 g/mol. The zero-order chi connectivity index (χ0) is 19.4. The van der Waals surface area contributed by atoms with Crippen molar-refractivity contribution in [1.82, 2.24) is 15.5 Å². The van der Waals surface area contributed by atoms with Gasteiger partial charge in [0, 0.05) is 37.8 Å². The van der Waals surface area contributed by atoms with Crippen LogP contribution in [0.4, 0.5) is 5.82 Å². The minimum absolute atomic E-state index is 0.00917.